The van der Waals surface area contributed by atoms with Gasteiger partial charge in [0, 0.05) is 10.8 Å². The standard InChI is InChI=1S/C46H26O/c1-2-12-31-27(9-1)21-26-38-43(37-16-8-18-40-44(37)36-15-5-6-17-39(36)47-40)32-13-3-4-14-33(32)46(45(31)38)35-25-23-30-20-19-28-10-7-11-29-22-24-34(35)42(30)41(28)29/h1-26H/i5D,6D,8D,15D,16D,17D,18D. The summed E-state index contributed by atoms with van der Waals surface area (Å²) in [5, 5.41) is 12.9. The minimum Gasteiger partial charge on any atom is -0.456 e. The first-order valence-corrected chi connectivity index (χ1v) is 15.7. The van der Waals surface area contributed by atoms with Crippen molar-refractivity contribution < 1.29 is 14.0 Å². The first-order chi connectivity index (χ1) is 26.2. The molecule has 0 saturated carbocycles. The van der Waals surface area contributed by atoms with Gasteiger partial charge in [0.1, 0.15) is 11.2 Å². The summed E-state index contributed by atoms with van der Waals surface area (Å²) in [4.78, 5) is 0. The van der Waals surface area contributed by atoms with Crippen LogP contribution in [0.15, 0.2) is 162 Å². The molecule has 0 aliphatic heterocycles. The van der Waals surface area contributed by atoms with E-state index in [0.29, 0.717) is 11.1 Å². The van der Waals surface area contributed by atoms with Crippen LogP contribution < -0.4 is 0 Å². The third kappa shape index (κ3) is 3.33. The van der Waals surface area contributed by atoms with E-state index in [9.17, 15) is 1.37 Å². The van der Waals surface area contributed by atoms with E-state index in [2.05, 4.69) is 84.9 Å². The molecule has 0 atom stereocenters. The molecule has 0 N–H and O–H groups in total. The monoisotopic (exact) mass is 601 g/mol. The molecular weight excluding hydrogens is 569 g/mol. The topological polar surface area (TPSA) is 13.1 Å². The molecule has 11 aromatic rings. The first kappa shape index (κ1) is 19.4. The predicted molar refractivity (Wildman–Crippen MR) is 201 cm³/mol. The van der Waals surface area contributed by atoms with E-state index in [1.54, 1.807) is 0 Å². The van der Waals surface area contributed by atoms with Crippen LogP contribution in [0, 0.1) is 0 Å². The molecule has 0 saturated heterocycles. The van der Waals surface area contributed by atoms with Crippen LogP contribution >= 0.6 is 0 Å². The van der Waals surface area contributed by atoms with Crippen LogP contribution in [-0.2, 0) is 0 Å². The highest BCUT2D eigenvalue weighted by Crippen LogP contribution is 2.50. The normalized spacial score (nSPS) is 14.3. The van der Waals surface area contributed by atoms with Gasteiger partial charge in [-0.3, -0.25) is 0 Å². The minimum absolute atomic E-state index is 0.0399. The van der Waals surface area contributed by atoms with Crippen LogP contribution in [-0.4, -0.2) is 0 Å². The highest BCUT2D eigenvalue weighted by Gasteiger charge is 2.23. The molecule has 0 aliphatic rings. The molecule has 1 aromatic heterocycles. The Labute approximate surface area is 280 Å². The van der Waals surface area contributed by atoms with E-state index in [1.165, 1.54) is 21.5 Å². The maximum Gasteiger partial charge on any atom is 0.136 e. The summed E-state index contributed by atoms with van der Waals surface area (Å²) in [6, 6.07) is 37.5. The maximum absolute atomic E-state index is 9.51. The largest absolute Gasteiger partial charge is 0.456 e. The first-order valence-electron chi connectivity index (χ1n) is 19.2. The van der Waals surface area contributed by atoms with E-state index >= 15 is 0 Å². The third-order valence-corrected chi connectivity index (χ3v) is 9.91. The number of fused-ring (bicyclic) bond motifs is 7. The van der Waals surface area contributed by atoms with Crippen molar-refractivity contribution in [1.82, 2.24) is 0 Å². The van der Waals surface area contributed by atoms with Gasteiger partial charge in [-0.1, -0.05) is 145 Å². The second-order valence-electron chi connectivity index (χ2n) is 12.2. The van der Waals surface area contributed by atoms with Crippen molar-refractivity contribution in [3.8, 4) is 22.3 Å². The molecule has 0 fully saturated rings. The molecule has 1 heteroatoms. The number of hydrogen-bond donors (Lipinski definition) is 0. The van der Waals surface area contributed by atoms with Crippen molar-refractivity contribution in [2.75, 3.05) is 0 Å². The van der Waals surface area contributed by atoms with E-state index in [-0.39, 0.29) is 52.2 Å². The number of rotatable bonds is 2. The summed E-state index contributed by atoms with van der Waals surface area (Å²) < 4.78 is 68.1. The molecule has 216 valence electrons. The second-order valence-corrected chi connectivity index (χ2v) is 12.2. The number of para-hydroxylation sites is 1. The summed E-state index contributed by atoms with van der Waals surface area (Å²) in [7, 11) is 0. The average molecular weight is 602 g/mol. The van der Waals surface area contributed by atoms with E-state index < -0.39 is 12.1 Å². The Bertz CT molecular complexity index is 3460. The molecule has 0 aliphatic carbocycles. The van der Waals surface area contributed by atoms with E-state index in [1.807, 2.05) is 30.3 Å². The van der Waals surface area contributed by atoms with Gasteiger partial charge in [-0.2, -0.15) is 0 Å². The molecule has 0 bridgehead atoms. The van der Waals surface area contributed by atoms with Crippen LogP contribution in [0.5, 0.6) is 0 Å². The smallest absolute Gasteiger partial charge is 0.136 e. The fourth-order valence-electron chi connectivity index (χ4n) is 8.00. The molecular formula is C46H26O. The van der Waals surface area contributed by atoms with Crippen molar-refractivity contribution in [2.24, 2.45) is 0 Å². The Morgan fingerprint density at radius 2 is 0.979 bits per heavy atom. The lowest BCUT2D eigenvalue weighted by molar-refractivity contribution is 0.669. The van der Waals surface area contributed by atoms with Crippen LogP contribution in [0.25, 0.3) is 109 Å². The zero-order valence-corrected chi connectivity index (χ0v) is 24.9. The Morgan fingerprint density at radius 1 is 0.340 bits per heavy atom. The van der Waals surface area contributed by atoms with Gasteiger partial charge < -0.3 is 4.42 Å². The van der Waals surface area contributed by atoms with Crippen LogP contribution in [0.1, 0.15) is 9.60 Å². The van der Waals surface area contributed by atoms with Crippen LogP contribution in [0.2, 0.25) is 0 Å². The van der Waals surface area contributed by atoms with Gasteiger partial charge in [-0.05, 0) is 99.0 Å². The lowest BCUT2D eigenvalue weighted by Gasteiger charge is -2.21. The van der Waals surface area contributed by atoms with Crippen molar-refractivity contribution in [2.45, 2.75) is 0 Å². The number of benzene rings is 10. The lowest BCUT2D eigenvalue weighted by atomic mass is 9.81. The van der Waals surface area contributed by atoms with Gasteiger partial charge in [0.25, 0.3) is 0 Å². The zero-order valence-electron chi connectivity index (χ0n) is 31.9. The third-order valence-electron chi connectivity index (χ3n) is 9.91. The SMILES string of the molecule is [2H]c1c([2H])c([2H])c2c(oc3c([2H])c([2H])c([2H])c(-c4c5ccccc5c(-c5ccc6ccc7cccc8ccc5c6c78)c5c4ccc4ccccc45)c32)c1[2H]. The fourth-order valence-corrected chi connectivity index (χ4v) is 8.00. The molecule has 0 amide bonds. The highest BCUT2D eigenvalue weighted by molar-refractivity contribution is 6.33. The Balaban J connectivity index is 1.40. The van der Waals surface area contributed by atoms with Crippen LogP contribution in [0.4, 0.5) is 0 Å². The Morgan fingerprint density at radius 3 is 1.85 bits per heavy atom. The highest BCUT2D eigenvalue weighted by atomic mass is 16.3. The van der Waals surface area contributed by atoms with Gasteiger partial charge in [-0.15, -0.1) is 0 Å². The summed E-state index contributed by atoms with van der Waals surface area (Å²) in [6.07, 6.45) is 0. The molecule has 1 heterocycles. The second kappa shape index (κ2) is 9.19. The van der Waals surface area contributed by atoms with Crippen LogP contribution in [0.3, 0.4) is 0 Å². The van der Waals surface area contributed by atoms with E-state index in [4.69, 9.17) is 12.6 Å². The van der Waals surface area contributed by atoms with Gasteiger partial charge >= 0.3 is 0 Å². The molecule has 0 spiro atoms. The maximum atomic E-state index is 9.51. The molecule has 47 heavy (non-hydrogen) atoms. The van der Waals surface area contributed by atoms with E-state index in [0.717, 1.165) is 54.2 Å². The summed E-state index contributed by atoms with van der Waals surface area (Å²) in [6.45, 7) is 0. The van der Waals surface area contributed by atoms with Gasteiger partial charge in [0.05, 0.1) is 9.60 Å². The van der Waals surface area contributed by atoms with Crippen molar-refractivity contribution in [3.63, 3.8) is 0 Å². The predicted octanol–water partition coefficient (Wildman–Crippen LogP) is 13.3. The molecule has 1 nitrogen and oxygen atoms in total. The molecule has 11 rings (SSSR count). The van der Waals surface area contributed by atoms with Gasteiger partial charge in [0.2, 0.25) is 0 Å². The molecule has 0 unspecified atom stereocenters. The summed E-state index contributed by atoms with van der Waals surface area (Å²) in [5.41, 5.74) is 2.90. The fraction of sp³-hybridized carbons (Fsp3) is 0. The van der Waals surface area contributed by atoms with Crippen molar-refractivity contribution >= 4 is 86.6 Å². The quantitative estimate of drug-likeness (QED) is 0.142. The Kier molecular flexibility index (Phi) is 3.78. The summed E-state index contributed by atoms with van der Waals surface area (Å²) in [5.74, 6) is 0. The molecule has 0 radical (unpaired) electrons. The van der Waals surface area contributed by atoms with Crippen molar-refractivity contribution in [1.29, 1.82) is 0 Å². The summed E-state index contributed by atoms with van der Waals surface area (Å²) >= 11 is 0. The van der Waals surface area contributed by atoms with Gasteiger partial charge in [-0.25, -0.2) is 0 Å². The zero-order chi connectivity index (χ0) is 36.7. The lowest BCUT2D eigenvalue weighted by Crippen LogP contribution is -1.94. The molecule has 10 aromatic carbocycles. The van der Waals surface area contributed by atoms with Crippen molar-refractivity contribution in [3.05, 3.63) is 158 Å². The average Bonchev–Trinajstić information content (AvgIpc) is 3.61. The number of furan rings is 1. The van der Waals surface area contributed by atoms with Gasteiger partial charge in [0.15, 0.2) is 0 Å². The number of hydrogen-bond acceptors (Lipinski definition) is 1. The minimum atomic E-state index is -0.447. The Hall–Kier alpha value is -6.18.